The van der Waals surface area contributed by atoms with Crippen LogP contribution in [0.15, 0.2) is 0 Å². The first-order chi connectivity index (χ1) is 6.66. The van der Waals surface area contributed by atoms with E-state index in [0.29, 0.717) is 5.41 Å². The van der Waals surface area contributed by atoms with Gasteiger partial charge in [-0.1, -0.05) is 13.8 Å². The number of nitrogens with zero attached hydrogens (tertiary/aromatic N) is 1. The number of rotatable bonds is 3. The Morgan fingerprint density at radius 3 is 2.86 bits per heavy atom. The fourth-order valence-corrected chi connectivity index (χ4v) is 2.76. The summed E-state index contributed by atoms with van der Waals surface area (Å²) in [6, 6.07) is 0.818. The maximum Gasteiger partial charge on any atom is 0.00797 e. The number of hydrogen-bond donors (Lipinski definition) is 1. The number of hydrogen-bond acceptors (Lipinski definition) is 2. The molecular formula is C12H24N2. The highest BCUT2D eigenvalue weighted by Crippen LogP contribution is 2.28. The van der Waals surface area contributed by atoms with Gasteiger partial charge in [0.05, 0.1) is 0 Å². The van der Waals surface area contributed by atoms with Crippen LogP contribution in [-0.4, -0.2) is 37.1 Å². The highest BCUT2D eigenvalue weighted by Gasteiger charge is 2.29. The molecule has 2 nitrogen and oxygen atoms in total. The Kier molecular flexibility index (Phi) is 3.13. The Hall–Kier alpha value is -0.0800. The monoisotopic (exact) mass is 196 g/mol. The van der Waals surface area contributed by atoms with Crippen molar-refractivity contribution in [3.05, 3.63) is 0 Å². The Balaban J connectivity index is 1.66. The zero-order valence-electron chi connectivity index (χ0n) is 9.68. The summed E-state index contributed by atoms with van der Waals surface area (Å²) < 4.78 is 0. The summed E-state index contributed by atoms with van der Waals surface area (Å²) in [7, 11) is 0. The smallest absolute Gasteiger partial charge is 0.00797 e. The van der Waals surface area contributed by atoms with Gasteiger partial charge < -0.3 is 10.2 Å². The van der Waals surface area contributed by atoms with Gasteiger partial charge in [0.25, 0.3) is 0 Å². The molecule has 0 amide bonds. The van der Waals surface area contributed by atoms with Crippen molar-refractivity contribution in [1.82, 2.24) is 10.2 Å². The Morgan fingerprint density at radius 2 is 2.29 bits per heavy atom. The largest absolute Gasteiger partial charge is 0.314 e. The van der Waals surface area contributed by atoms with E-state index in [4.69, 9.17) is 0 Å². The Morgan fingerprint density at radius 1 is 1.43 bits per heavy atom. The van der Waals surface area contributed by atoms with Crippen molar-refractivity contribution in [3.8, 4) is 0 Å². The van der Waals surface area contributed by atoms with Crippen LogP contribution in [-0.2, 0) is 0 Å². The number of likely N-dealkylation sites (tertiary alicyclic amines) is 1. The highest BCUT2D eigenvalue weighted by atomic mass is 15.2. The molecule has 82 valence electrons. The van der Waals surface area contributed by atoms with Gasteiger partial charge in [-0.05, 0) is 50.7 Å². The quantitative estimate of drug-likeness (QED) is 0.741. The molecular weight excluding hydrogens is 172 g/mol. The molecule has 1 unspecified atom stereocenters. The van der Waals surface area contributed by atoms with Crippen LogP contribution < -0.4 is 5.32 Å². The minimum atomic E-state index is 0.573. The fraction of sp³-hybridized carbons (Fsp3) is 1.00. The lowest BCUT2D eigenvalue weighted by atomic mass is 9.93. The molecule has 0 aliphatic carbocycles. The maximum absolute atomic E-state index is 3.57. The highest BCUT2D eigenvalue weighted by molar-refractivity contribution is 4.84. The van der Waals surface area contributed by atoms with Gasteiger partial charge in [-0.15, -0.1) is 0 Å². The molecule has 0 radical (unpaired) electrons. The van der Waals surface area contributed by atoms with Crippen molar-refractivity contribution in [1.29, 1.82) is 0 Å². The second-order valence-electron chi connectivity index (χ2n) is 5.77. The molecule has 0 saturated carbocycles. The fourth-order valence-electron chi connectivity index (χ4n) is 2.76. The van der Waals surface area contributed by atoms with Crippen molar-refractivity contribution in [2.75, 3.05) is 26.2 Å². The van der Waals surface area contributed by atoms with E-state index in [2.05, 4.69) is 24.1 Å². The van der Waals surface area contributed by atoms with E-state index in [1.165, 1.54) is 51.9 Å². The van der Waals surface area contributed by atoms with Crippen LogP contribution >= 0.6 is 0 Å². The third kappa shape index (κ3) is 2.71. The van der Waals surface area contributed by atoms with E-state index < -0.39 is 0 Å². The minimum Gasteiger partial charge on any atom is -0.314 e. The number of nitrogens with one attached hydrogen (secondary N) is 1. The molecule has 0 aromatic rings. The third-order valence-electron chi connectivity index (χ3n) is 3.71. The van der Waals surface area contributed by atoms with Crippen LogP contribution in [0.25, 0.3) is 0 Å². The van der Waals surface area contributed by atoms with Crippen LogP contribution in [0.5, 0.6) is 0 Å². The predicted molar refractivity (Wildman–Crippen MR) is 60.5 cm³/mol. The molecule has 0 bridgehead atoms. The summed E-state index contributed by atoms with van der Waals surface area (Å²) >= 11 is 0. The second kappa shape index (κ2) is 4.19. The molecule has 2 aliphatic rings. The SMILES string of the molecule is CC1(C)CCN(CCC2CCCN2)C1. The summed E-state index contributed by atoms with van der Waals surface area (Å²) in [5.74, 6) is 0. The average Bonchev–Trinajstić information content (AvgIpc) is 2.70. The second-order valence-corrected chi connectivity index (χ2v) is 5.77. The molecule has 2 rings (SSSR count). The zero-order chi connectivity index (χ0) is 10.0. The van der Waals surface area contributed by atoms with Gasteiger partial charge in [0.1, 0.15) is 0 Å². The molecule has 2 heterocycles. The Labute approximate surface area is 88.1 Å². The van der Waals surface area contributed by atoms with Crippen molar-refractivity contribution in [3.63, 3.8) is 0 Å². The molecule has 1 atom stereocenters. The molecule has 0 spiro atoms. The summed E-state index contributed by atoms with van der Waals surface area (Å²) in [6.07, 6.45) is 5.52. The molecule has 14 heavy (non-hydrogen) atoms. The van der Waals surface area contributed by atoms with Gasteiger partial charge >= 0.3 is 0 Å². The van der Waals surface area contributed by atoms with Crippen LogP contribution in [0, 0.1) is 5.41 Å². The summed E-state index contributed by atoms with van der Waals surface area (Å²) in [5, 5.41) is 3.57. The first-order valence-corrected chi connectivity index (χ1v) is 6.11. The van der Waals surface area contributed by atoms with Gasteiger partial charge in [-0.2, -0.15) is 0 Å². The molecule has 2 fully saturated rings. The van der Waals surface area contributed by atoms with Crippen molar-refractivity contribution in [2.24, 2.45) is 5.41 Å². The van der Waals surface area contributed by atoms with E-state index in [-0.39, 0.29) is 0 Å². The summed E-state index contributed by atoms with van der Waals surface area (Å²) in [5.41, 5.74) is 0.573. The lowest BCUT2D eigenvalue weighted by Crippen LogP contribution is -2.30. The molecule has 2 saturated heterocycles. The van der Waals surface area contributed by atoms with E-state index >= 15 is 0 Å². The van der Waals surface area contributed by atoms with Crippen LogP contribution in [0.2, 0.25) is 0 Å². The molecule has 2 aliphatic heterocycles. The summed E-state index contributed by atoms with van der Waals surface area (Å²) in [6.45, 7) is 9.96. The van der Waals surface area contributed by atoms with Crippen molar-refractivity contribution in [2.45, 2.75) is 45.6 Å². The van der Waals surface area contributed by atoms with Gasteiger partial charge in [0.2, 0.25) is 0 Å². The van der Waals surface area contributed by atoms with E-state index in [1.807, 2.05) is 0 Å². The predicted octanol–water partition coefficient (Wildman–Crippen LogP) is 1.86. The van der Waals surface area contributed by atoms with Crippen molar-refractivity contribution >= 4 is 0 Å². The first-order valence-electron chi connectivity index (χ1n) is 6.11. The standard InChI is InChI=1S/C12H24N2/c1-12(2)6-9-14(10-12)8-5-11-4-3-7-13-11/h11,13H,3-10H2,1-2H3. The Bertz CT molecular complexity index is 183. The van der Waals surface area contributed by atoms with E-state index in [9.17, 15) is 0 Å². The molecule has 0 aromatic carbocycles. The van der Waals surface area contributed by atoms with Gasteiger partial charge in [-0.3, -0.25) is 0 Å². The van der Waals surface area contributed by atoms with Crippen LogP contribution in [0.1, 0.15) is 39.5 Å². The first kappa shape index (κ1) is 10.4. The van der Waals surface area contributed by atoms with Gasteiger partial charge in [-0.25, -0.2) is 0 Å². The van der Waals surface area contributed by atoms with E-state index in [0.717, 1.165) is 6.04 Å². The van der Waals surface area contributed by atoms with Gasteiger partial charge in [0, 0.05) is 12.6 Å². The van der Waals surface area contributed by atoms with Crippen LogP contribution in [0.3, 0.4) is 0 Å². The minimum absolute atomic E-state index is 0.573. The molecule has 2 heteroatoms. The van der Waals surface area contributed by atoms with Gasteiger partial charge in [0.15, 0.2) is 0 Å². The zero-order valence-corrected chi connectivity index (χ0v) is 9.68. The lowest BCUT2D eigenvalue weighted by molar-refractivity contribution is 0.277. The van der Waals surface area contributed by atoms with E-state index in [1.54, 1.807) is 0 Å². The molecule has 0 aromatic heterocycles. The van der Waals surface area contributed by atoms with Crippen molar-refractivity contribution < 1.29 is 0 Å². The lowest BCUT2D eigenvalue weighted by Gasteiger charge is -2.21. The molecule has 1 N–H and O–H groups in total. The summed E-state index contributed by atoms with van der Waals surface area (Å²) in [4.78, 5) is 2.64. The third-order valence-corrected chi connectivity index (χ3v) is 3.71. The maximum atomic E-state index is 3.57. The normalized spacial score (nSPS) is 32.6. The topological polar surface area (TPSA) is 15.3 Å². The van der Waals surface area contributed by atoms with Crippen LogP contribution in [0.4, 0.5) is 0 Å². The average molecular weight is 196 g/mol.